The highest BCUT2D eigenvalue weighted by molar-refractivity contribution is 7.26. The van der Waals surface area contributed by atoms with Crippen LogP contribution in [0.3, 0.4) is 0 Å². The van der Waals surface area contributed by atoms with Gasteiger partial charge in [-0.25, -0.2) is 0 Å². The van der Waals surface area contributed by atoms with Crippen LogP contribution in [0, 0.1) is 0 Å². The van der Waals surface area contributed by atoms with Crippen molar-refractivity contribution in [2.75, 3.05) is 9.80 Å². The van der Waals surface area contributed by atoms with Gasteiger partial charge >= 0.3 is 0 Å². The van der Waals surface area contributed by atoms with Crippen molar-refractivity contribution in [3.05, 3.63) is 162 Å². The molecule has 310 valence electrons. The summed E-state index contributed by atoms with van der Waals surface area (Å²) in [4.78, 5) is 5.18. The fourth-order valence-corrected chi connectivity index (χ4v) is 11.0. The normalized spacial score (nSPS) is 14.0. The second kappa shape index (κ2) is 14.0. The number of benzene rings is 7. The van der Waals surface area contributed by atoms with E-state index >= 15 is 0 Å². The minimum atomic E-state index is -0.0985. The molecule has 0 fully saturated rings. The molecule has 62 heavy (non-hydrogen) atoms. The Kier molecular flexibility index (Phi) is 9.12. The van der Waals surface area contributed by atoms with Crippen molar-refractivity contribution >= 4 is 88.7 Å². The molecule has 0 saturated heterocycles. The van der Waals surface area contributed by atoms with Crippen molar-refractivity contribution in [1.29, 1.82) is 0 Å². The van der Waals surface area contributed by atoms with Gasteiger partial charge in [-0.15, -0.1) is 11.3 Å². The molecule has 4 heteroatoms. The first-order chi connectivity index (χ1) is 29.3. The van der Waals surface area contributed by atoms with E-state index in [1.165, 1.54) is 104 Å². The fraction of sp³-hybridized carbons (Fsp3) is 0.276. The number of hydrogen-bond acceptors (Lipinski definition) is 3. The lowest BCUT2D eigenvalue weighted by Crippen LogP contribution is -2.61. The predicted octanol–water partition coefficient (Wildman–Crippen LogP) is 15.0. The van der Waals surface area contributed by atoms with Crippen molar-refractivity contribution in [3.8, 4) is 11.1 Å². The van der Waals surface area contributed by atoms with E-state index in [2.05, 4.69) is 232 Å². The maximum Gasteiger partial charge on any atom is 0.252 e. The molecule has 3 heterocycles. The quantitative estimate of drug-likeness (QED) is 0.164. The summed E-state index contributed by atoms with van der Waals surface area (Å²) in [6.45, 7) is 28.1. The van der Waals surface area contributed by atoms with Crippen LogP contribution < -0.4 is 26.2 Å². The summed E-state index contributed by atoms with van der Waals surface area (Å²) in [5, 5.41) is 2.66. The molecule has 0 radical (unpaired) electrons. The molecule has 2 aliphatic rings. The van der Waals surface area contributed by atoms with Gasteiger partial charge in [0.05, 0.1) is 0 Å². The Morgan fingerprint density at radius 3 is 1.50 bits per heavy atom. The lowest BCUT2D eigenvalue weighted by Gasteiger charge is -2.45. The van der Waals surface area contributed by atoms with Gasteiger partial charge in [0, 0.05) is 54.3 Å². The maximum absolute atomic E-state index is 2.60. The molecular weight excluding hydrogens is 768 g/mol. The van der Waals surface area contributed by atoms with E-state index < -0.39 is 0 Å². The molecule has 7 aromatic carbocycles. The standard InChI is InChI=1S/C58H59BN2S/c1-55(2,3)37-23-27-41(28-24-37)60-47-29-25-38(56(4,5)6)32-45(47)59-46-33-39(57(7,8)9)26-30-48(46)61(50-35-40(58(10,11)12)34-49(60)54(50)59)42-18-15-17-36(31-42)43-20-16-22-52-53(43)44-19-13-14-21-51(44)62-52/h13-35H,1-12H3. The average molecular weight is 827 g/mol. The van der Waals surface area contributed by atoms with E-state index in [9.17, 15) is 0 Å². The van der Waals surface area contributed by atoms with E-state index in [4.69, 9.17) is 0 Å². The second-order valence-electron chi connectivity index (χ2n) is 22.0. The smallest absolute Gasteiger partial charge is 0.252 e. The molecule has 0 unspecified atom stereocenters. The van der Waals surface area contributed by atoms with E-state index in [0.717, 1.165) is 0 Å². The second-order valence-corrected chi connectivity index (χ2v) is 23.0. The minimum absolute atomic E-state index is 0.0126. The van der Waals surface area contributed by atoms with Crippen molar-refractivity contribution < 1.29 is 0 Å². The van der Waals surface area contributed by atoms with Crippen LogP contribution in [0.25, 0.3) is 31.3 Å². The largest absolute Gasteiger partial charge is 0.311 e. The summed E-state index contributed by atoms with van der Waals surface area (Å²) in [6, 6.07) is 54.1. The van der Waals surface area contributed by atoms with Gasteiger partial charge in [-0.1, -0.05) is 162 Å². The van der Waals surface area contributed by atoms with E-state index in [0.29, 0.717) is 0 Å². The predicted molar refractivity (Wildman–Crippen MR) is 274 cm³/mol. The van der Waals surface area contributed by atoms with E-state index in [1.54, 1.807) is 0 Å². The molecule has 0 atom stereocenters. The third-order valence-corrected chi connectivity index (χ3v) is 14.6. The topological polar surface area (TPSA) is 6.48 Å². The molecular formula is C58H59BN2S. The molecule has 2 nitrogen and oxygen atoms in total. The summed E-state index contributed by atoms with van der Waals surface area (Å²) >= 11 is 1.88. The Labute approximate surface area is 374 Å². The third kappa shape index (κ3) is 6.60. The van der Waals surface area contributed by atoms with Crippen LogP contribution in [0.1, 0.15) is 105 Å². The highest BCUT2D eigenvalue weighted by atomic mass is 32.1. The Morgan fingerprint density at radius 2 is 0.919 bits per heavy atom. The summed E-state index contributed by atoms with van der Waals surface area (Å²) in [5.41, 5.74) is 19.3. The van der Waals surface area contributed by atoms with Crippen LogP contribution in [-0.2, 0) is 21.7 Å². The van der Waals surface area contributed by atoms with Crippen molar-refractivity contribution in [1.82, 2.24) is 0 Å². The van der Waals surface area contributed by atoms with Gasteiger partial charge in [0.25, 0.3) is 6.71 Å². The lowest BCUT2D eigenvalue weighted by molar-refractivity contribution is 0.589. The van der Waals surface area contributed by atoms with Gasteiger partial charge < -0.3 is 9.80 Å². The summed E-state index contributed by atoms with van der Waals surface area (Å²) < 4.78 is 2.65. The first-order valence-corrected chi connectivity index (χ1v) is 23.3. The van der Waals surface area contributed by atoms with Gasteiger partial charge in [-0.2, -0.15) is 0 Å². The van der Waals surface area contributed by atoms with Crippen LogP contribution in [0.15, 0.2) is 140 Å². The number of rotatable bonds is 3. The monoisotopic (exact) mass is 826 g/mol. The van der Waals surface area contributed by atoms with Crippen LogP contribution in [0.4, 0.5) is 34.1 Å². The number of thiophene rings is 1. The van der Waals surface area contributed by atoms with Crippen LogP contribution in [0.2, 0.25) is 0 Å². The van der Waals surface area contributed by atoms with Gasteiger partial charge in [-0.3, -0.25) is 0 Å². The van der Waals surface area contributed by atoms with Gasteiger partial charge in [0.1, 0.15) is 0 Å². The molecule has 2 aliphatic heterocycles. The van der Waals surface area contributed by atoms with Gasteiger partial charge in [-0.05, 0) is 132 Å². The van der Waals surface area contributed by atoms with Crippen LogP contribution in [0.5, 0.6) is 0 Å². The highest BCUT2D eigenvalue weighted by Crippen LogP contribution is 2.48. The molecule has 10 rings (SSSR count). The summed E-state index contributed by atoms with van der Waals surface area (Å²) in [5.74, 6) is 0. The number of fused-ring (bicyclic) bond motifs is 7. The fourth-order valence-electron chi connectivity index (χ4n) is 9.87. The molecule has 8 aromatic rings. The minimum Gasteiger partial charge on any atom is -0.311 e. The summed E-state index contributed by atoms with van der Waals surface area (Å²) in [6.07, 6.45) is 0. The summed E-state index contributed by atoms with van der Waals surface area (Å²) in [7, 11) is 0. The average Bonchev–Trinajstić information content (AvgIpc) is 3.61. The number of anilines is 6. The molecule has 0 aliphatic carbocycles. The highest BCUT2D eigenvalue weighted by Gasteiger charge is 2.45. The van der Waals surface area contributed by atoms with Gasteiger partial charge in [0.15, 0.2) is 0 Å². The molecule has 1 aromatic heterocycles. The van der Waals surface area contributed by atoms with Crippen molar-refractivity contribution in [3.63, 3.8) is 0 Å². The van der Waals surface area contributed by atoms with Gasteiger partial charge in [0.2, 0.25) is 0 Å². The van der Waals surface area contributed by atoms with Crippen LogP contribution in [-0.4, -0.2) is 6.71 Å². The molecule has 0 amide bonds. The Hall–Kier alpha value is -5.58. The lowest BCUT2D eigenvalue weighted by atomic mass is 9.33. The Balaban J connectivity index is 1.29. The zero-order valence-electron chi connectivity index (χ0n) is 38.7. The molecule has 0 spiro atoms. The molecule has 0 bridgehead atoms. The number of hydrogen-bond donors (Lipinski definition) is 0. The van der Waals surface area contributed by atoms with Crippen molar-refractivity contribution in [2.24, 2.45) is 0 Å². The first kappa shape index (κ1) is 40.5. The SMILES string of the molecule is CC(C)(C)c1ccc(N2c3ccc(C(C)(C)C)cc3B3c4cc(C(C)(C)C)ccc4N(c4cccc(-c5cccc6sc7ccccc7c56)c4)c4cc(C(C)(C)C)cc2c43)cc1. The zero-order chi connectivity index (χ0) is 43.7. The van der Waals surface area contributed by atoms with Crippen molar-refractivity contribution in [2.45, 2.75) is 105 Å². The van der Waals surface area contributed by atoms with E-state index in [1.807, 2.05) is 11.3 Å². The first-order valence-electron chi connectivity index (χ1n) is 22.5. The Morgan fingerprint density at radius 1 is 0.403 bits per heavy atom. The molecule has 0 saturated carbocycles. The third-order valence-electron chi connectivity index (χ3n) is 13.5. The maximum atomic E-state index is 2.60. The van der Waals surface area contributed by atoms with E-state index in [-0.39, 0.29) is 28.4 Å². The zero-order valence-corrected chi connectivity index (χ0v) is 39.5. The van der Waals surface area contributed by atoms with Crippen LogP contribution >= 0.6 is 11.3 Å². The molecule has 0 N–H and O–H groups in total. The Bertz CT molecular complexity index is 3070. The number of nitrogens with zero attached hydrogens (tertiary/aromatic N) is 2.